The summed E-state index contributed by atoms with van der Waals surface area (Å²) in [6.07, 6.45) is 0.969. The predicted octanol–water partition coefficient (Wildman–Crippen LogP) is 4.39. The van der Waals surface area contributed by atoms with Crippen LogP contribution in [0.25, 0.3) is 0 Å². The van der Waals surface area contributed by atoms with Crippen LogP contribution >= 0.6 is 23.1 Å². The number of carbonyl (C=O) groups excluding carboxylic acids is 2. The lowest BCUT2D eigenvalue weighted by molar-refractivity contribution is -0.387. The van der Waals surface area contributed by atoms with Crippen LogP contribution in [0.5, 0.6) is 0 Å². The summed E-state index contributed by atoms with van der Waals surface area (Å²) in [7, 11) is 0. The Balaban J connectivity index is 1.64. The summed E-state index contributed by atoms with van der Waals surface area (Å²) < 4.78 is 0. The van der Waals surface area contributed by atoms with Crippen molar-refractivity contribution < 1.29 is 14.5 Å². The molecule has 9 heteroatoms. The summed E-state index contributed by atoms with van der Waals surface area (Å²) in [5, 5.41) is 13.4. The highest BCUT2D eigenvalue weighted by atomic mass is 32.2. The number of benzene rings is 1. The third-order valence-electron chi connectivity index (χ3n) is 4.94. The third kappa shape index (κ3) is 5.40. The standard InChI is InChI=1S/C21H25N3O4S2/c1-15(2)7-13-30-18-6-5-16(14-17(18)24(27)28)20(25)22-8-10-23(11-9-22)21(26)19-4-3-12-29-19/h3-6,12,14-15H,7-11,13H2,1-2H3. The lowest BCUT2D eigenvalue weighted by atomic mass is 10.1. The van der Waals surface area contributed by atoms with Gasteiger partial charge in [0.05, 0.1) is 14.7 Å². The third-order valence-corrected chi connectivity index (χ3v) is 6.90. The van der Waals surface area contributed by atoms with E-state index in [1.54, 1.807) is 28.0 Å². The average Bonchev–Trinajstić information content (AvgIpc) is 3.27. The average molecular weight is 448 g/mol. The Labute approximate surface area is 184 Å². The van der Waals surface area contributed by atoms with Crippen molar-refractivity contribution in [3.05, 3.63) is 56.3 Å². The van der Waals surface area contributed by atoms with Crippen LogP contribution in [0.2, 0.25) is 0 Å². The zero-order chi connectivity index (χ0) is 21.7. The second kappa shape index (κ2) is 10.1. The highest BCUT2D eigenvalue weighted by Gasteiger charge is 2.27. The minimum Gasteiger partial charge on any atom is -0.335 e. The predicted molar refractivity (Wildman–Crippen MR) is 119 cm³/mol. The van der Waals surface area contributed by atoms with E-state index in [0.29, 0.717) is 47.4 Å². The number of thiophene rings is 1. The number of nitro groups is 1. The molecular formula is C21H25N3O4S2. The van der Waals surface area contributed by atoms with Gasteiger partial charge >= 0.3 is 0 Å². The van der Waals surface area contributed by atoms with Crippen molar-refractivity contribution in [2.45, 2.75) is 25.2 Å². The maximum atomic E-state index is 12.9. The molecule has 160 valence electrons. The molecule has 7 nitrogen and oxygen atoms in total. The molecule has 2 heterocycles. The molecular weight excluding hydrogens is 422 g/mol. The topological polar surface area (TPSA) is 83.8 Å². The van der Waals surface area contributed by atoms with Gasteiger partial charge in [0.25, 0.3) is 17.5 Å². The van der Waals surface area contributed by atoms with Crippen molar-refractivity contribution in [1.29, 1.82) is 0 Å². The number of nitrogens with zero attached hydrogens (tertiary/aromatic N) is 3. The van der Waals surface area contributed by atoms with Crippen molar-refractivity contribution in [2.75, 3.05) is 31.9 Å². The zero-order valence-electron chi connectivity index (χ0n) is 17.1. The second-order valence-electron chi connectivity index (χ2n) is 7.53. The van der Waals surface area contributed by atoms with Gasteiger partial charge in [0, 0.05) is 37.8 Å². The minimum atomic E-state index is -0.424. The van der Waals surface area contributed by atoms with Crippen LogP contribution in [0.1, 0.15) is 40.3 Å². The molecule has 0 atom stereocenters. The minimum absolute atomic E-state index is 0.0180. The fourth-order valence-electron chi connectivity index (χ4n) is 3.17. The lowest BCUT2D eigenvalue weighted by Crippen LogP contribution is -2.50. The number of hydrogen-bond donors (Lipinski definition) is 0. The van der Waals surface area contributed by atoms with E-state index in [1.165, 1.54) is 29.2 Å². The first-order chi connectivity index (χ1) is 14.4. The summed E-state index contributed by atoms with van der Waals surface area (Å²) in [6.45, 7) is 5.96. The van der Waals surface area contributed by atoms with Gasteiger partial charge in [0.2, 0.25) is 0 Å². The van der Waals surface area contributed by atoms with Gasteiger partial charge in [-0.3, -0.25) is 19.7 Å². The van der Waals surface area contributed by atoms with Crippen molar-refractivity contribution in [3.8, 4) is 0 Å². The van der Waals surface area contributed by atoms with Crippen LogP contribution in [0.4, 0.5) is 5.69 Å². The molecule has 1 aromatic carbocycles. The first-order valence-electron chi connectivity index (χ1n) is 9.90. The molecule has 2 amide bonds. The van der Waals surface area contributed by atoms with Crippen molar-refractivity contribution in [2.24, 2.45) is 5.92 Å². The van der Waals surface area contributed by atoms with Crippen molar-refractivity contribution >= 4 is 40.6 Å². The first-order valence-corrected chi connectivity index (χ1v) is 11.8. The lowest BCUT2D eigenvalue weighted by Gasteiger charge is -2.34. The van der Waals surface area contributed by atoms with Crippen LogP contribution in [0.15, 0.2) is 40.6 Å². The fourth-order valence-corrected chi connectivity index (χ4v) is 5.12. The fraction of sp³-hybridized carbons (Fsp3) is 0.429. The van der Waals surface area contributed by atoms with Crippen LogP contribution in [0, 0.1) is 16.0 Å². The molecule has 30 heavy (non-hydrogen) atoms. The van der Waals surface area contributed by atoms with Gasteiger partial charge in [-0.1, -0.05) is 19.9 Å². The molecule has 0 saturated carbocycles. The van der Waals surface area contributed by atoms with Gasteiger partial charge in [-0.25, -0.2) is 0 Å². The molecule has 3 rings (SSSR count). The van der Waals surface area contributed by atoms with Crippen molar-refractivity contribution in [3.63, 3.8) is 0 Å². The van der Waals surface area contributed by atoms with E-state index >= 15 is 0 Å². The molecule has 0 radical (unpaired) electrons. The molecule has 0 unspecified atom stereocenters. The highest BCUT2D eigenvalue weighted by Crippen LogP contribution is 2.31. The van der Waals surface area contributed by atoms with E-state index in [2.05, 4.69) is 13.8 Å². The molecule has 0 bridgehead atoms. The van der Waals surface area contributed by atoms with Gasteiger partial charge in [-0.05, 0) is 41.7 Å². The molecule has 2 aromatic rings. The monoisotopic (exact) mass is 447 g/mol. The van der Waals surface area contributed by atoms with Crippen LogP contribution < -0.4 is 0 Å². The van der Waals surface area contributed by atoms with Gasteiger partial charge in [-0.2, -0.15) is 0 Å². The summed E-state index contributed by atoms with van der Waals surface area (Å²) in [5.74, 6) is 1.07. The Morgan fingerprint density at radius 2 is 1.80 bits per heavy atom. The van der Waals surface area contributed by atoms with Gasteiger partial charge in [0.1, 0.15) is 0 Å². The van der Waals surface area contributed by atoms with Gasteiger partial charge < -0.3 is 9.80 Å². The molecule has 1 aromatic heterocycles. The maximum absolute atomic E-state index is 12.9. The molecule has 1 aliphatic rings. The van der Waals surface area contributed by atoms with Crippen molar-refractivity contribution in [1.82, 2.24) is 9.80 Å². The first kappa shape index (κ1) is 22.3. The maximum Gasteiger partial charge on any atom is 0.283 e. The van der Waals surface area contributed by atoms with Gasteiger partial charge in [-0.15, -0.1) is 23.1 Å². The summed E-state index contributed by atoms with van der Waals surface area (Å²) in [6, 6.07) is 8.35. The quantitative estimate of drug-likeness (QED) is 0.357. The SMILES string of the molecule is CC(C)CCSc1ccc(C(=O)N2CCN(C(=O)c3cccs3)CC2)cc1[N+](=O)[O-]. The summed E-state index contributed by atoms with van der Waals surface area (Å²) >= 11 is 2.86. The smallest absolute Gasteiger partial charge is 0.283 e. The molecule has 0 aliphatic carbocycles. The normalized spacial score (nSPS) is 14.2. The van der Waals surface area contributed by atoms with Gasteiger partial charge in [0.15, 0.2) is 0 Å². The van der Waals surface area contributed by atoms with E-state index in [1.807, 2.05) is 11.4 Å². The highest BCUT2D eigenvalue weighted by molar-refractivity contribution is 7.99. The molecule has 1 aliphatic heterocycles. The van der Waals surface area contributed by atoms with E-state index < -0.39 is 4.92 Å². The Morgan fingerprint density at radius 3 is 2.37 bits per heavy atom. The zero-order valence-corrected chi connectivity index (χ0v) is 18.7. The Kier molecular flexibility index (Phi) is 7.49. The number of amides is 2. The number of piperazine rings is 1. The number of thioether (sulfide) groups is 1. The largest absolute Gasteiger partial charge is 0.335 e. The number of carbonyl (C=O) groups is 2. The second-order valence-corrected chi connectivity index (χ2v) is 9.62. The van der Waals surface area contributed by atoms with Crippen LogP contribution in [-0.2, 0) is 0 Å². The number of hydrogen-bond acceptors (Lipinski definition) is 6. The summed E-state index contributed by atoms with van der Waals surface area (Å²) in [4.78, 5) is 41.1. The number of nitro benzene ring substituents is 1. The number of rotatable bonds is 7. The molecule has 0 spiro atoms. The Bertz CT molecular complexity index is 907. The van der Waals surface area contributed by atoms with E-state index in [9.17, 15) is 19.7 Å². The van der Waals surface area contributed by atoms with Crippen LogP contribution in [-0.4, -0.2) is 58.5 Å². The van der Waals surface area contributed by atoms with E-state index in [4.69, 9.17) is 0 Å². The Hall–Kier alpha value is -2.39. The molecule has 0 N–H and O–H groups in total. The van der Waals surface area contributed by atoms with E-state index in [-0.39, 0.29) is 17.5 Å². The van der Waals surface area contributed by atoms with Crippen LogP contribution in [0.3, 0.4) is 0 Å². The Morgan fingerprint density at radius 1 is 1.13 bits per heavy atom. The molecule has 1 fully saturated rings. The summed E-state index contributed by atoms with van der Waals surface area (Å²) in [5.41, 5.74) is 0.286. The van der Waals surface area contributed by atoms with E-state index in [0.717, 1.165) is 12.2 Å². The molecule has 1 saturated heterocycles.